The van der Waals surface area contributed by atoms with E-state index in [0.29, 0.717) is 17.4 Å². The summed E-state index contributed by atoms with van der Waals surface area (Å²) in [5, 5.41) is 12.8. The Kier molecular flexibility index (Phi) is 3.62. The van der Waals surface area contributed by atoms with Gasteiger partial charge < -0.3 is 9.77 Å². The molecule has 4 nitrogen and oxygen atoms in total. The van der Waals surface area contributed by atoms with E-state index in [1.165, 1.54) is 6.33 Å². The summed E-state index contributed by atoms with van der Waals surface area (Å²) in [7, 11) is 0. The molecule has 0 saturated carbocycles. The highest BCUT2D eigenvalue weighted by molar-refractivity contribution is 6.40. The van der Waals surface area contributed by atoms with Crippen LogP contribution in [0.5, 0.6) is 0 Å². The van der Waals surface area contributed by atoms with Gasteiger partial charge in [0.15, 0.2) is 5.15 Å². The molecule has 0 fully saturated rings. The second kappa shape index (κ2) is 4.41. The molecule has 0 saturated heterocycles. The van der Waals surface area contributed by atoms with Crippen molar-refractivity contribution in [3.8, 4) is 0 Å². The summed E-state index contributed by atoms with van der Waals surface area (Å²) < 4.78 is 1.63. The number of imidazole rings is 1. The highest BCUT2D eigenvalue weighted by Crippen LogP contribution is 2.22. The number of halogens is 2. The van der Waals surface area contributed by atoms with E-state index in [2.05, 4.69) is 10.1 Å². The van der Waals surface area contributed by atoms with Gasteiger partial charge in [-0.1, -0.05) is 49.1 Å². The van der Waals surface area contributed by atoms with Gasteiger partial charge in [0, 0.05) is 5.41 Å². The minimum atomic E-state index is -0.227. The molecule has 1 N–H and O–H groups in total. The van der Waals surface area contributed by atoms with Gasteiger partial charge in [0.05, 0.1) is 18.6 Å². The minimum Gasteiger partial charge on any atom is -0.411 e. The normalized spacial score (nSPS) is 13.3. The monoisotopic (exact) mass is 249 g/mol. The fraction of sp³-hybridized carbons (Fsp3) is 0.556. The molecule has 0 amide bonds. The van der Waals surface area contributed by atoms with E-state index in [-0.39, 0.29) is 10.6 Å². The predicted octanol–water partition coefficient (Wildman–Crippen LogP) is 3.07. The second-order valence-electron chi connectivity index (χ2n) is 4.25. The molecule has 0 atom stereocenters. The maximum absolute atomic E-state index is 8.90. The molecule has 0 unspecified atom stereocenters. The maximum atomic E-state index is 8.90. The predicted molar refractivity (Wildman–Crippen MR) is 60.9 cm³/mol. The van der Waals surface area contributed by atoms with Crippen LogP contribution in [0.4, 0.5) is 0 Å². The van der Waals surface area contributed by atoms with Crippen LogP contribution in [0.15, 0.2) is 11.5 Å². The SMILES string of the molecule is CC(C)(C)/C(Cn1cnc(Cl)c1Cl)=N/O. The first-order valence-electron chi connectivity index (χ1n) is 4.43. The van der Waals surface area contributed by atoms with Crippen molar-refractivity contribution >= 4 is 28.9 Å². The van der Waals surface area contributed by atoms with Crippen LogP contribution in [0.2, 0.25) is 10.3 Å². The lowest BCUT2D eigenvalue weighted by atomic mass is 9.90. The molecule has 0 aromatic carbocycles. The van der Waals surface area contributed by atoms with E-state index < -0.39 is 0 Å². The quantitative estimate of drug-likeness (QED) is 0.498. The molecule has 0 aliphatic heterocycles. The zero-order valence-corrected chi connectivity index (χ0v) is 10.3. The highest BCUT2D eigenvalue weighted by Gasteiger charge is 2.21. The van der Waals surface area contributed by atoms with Crippen molar-refractivity contribution in [2.75, 3.05) is 0 Å². The van der Waals surface area contributed by atoms with Crippen LogP contribution in [-0.4, -0.2) is 20.5 Å². The summed E-state index contributed by atoms with van der Waals surface area (Å²) in [6, 6.07) is 0. The first-order valence-corrected chi connectivity index (χ1v) is 5.19. The Bertz CT molecular complexity index is 379. The molecule has 0 bridgehead atoms. The molecule has 84 valence electrons. The largest absolute Gasteiger partial charge is 0.411 e. The molecule has 15 heavy (non-hydrogen) atoms. The third kappa shape index (κ3) is 2.86. The Hall–Kier alpha value is -0.740. The molecule has 0 aliphatic rings. The number of aromatic nitrogens is 2. The Morgan fingerprint density at radius 2 is 2.13 bits per heavy atom. The van der Waals surface area contributed by atoms with Crippen molar-refractivity contribution < 1.29 is 5.21 Å². The lowest BCUT2D eigenvalue weighted by Gasteiger charge is -2.20. The molecular formula is C9H13Cl2N3O. The Balaban J connectivity index is 2.91. The standard InChI is InChI=1S/C9H13Cl2N3O/c1-9(2,3)6(13-15)4-14-5-12-7(10)8(14)11/h5,15H,4H2,1-3H3/b13-6+. The molecule has 1 heterocycles. The summed E-state index contributed by atoms with van der Waals surface area (Å²) in [6.45, 7) is 6.23. The number of rotatable bonds is 2. The first-order chi connectivity index (χ1) is 6.86. The molecular weight excluding hydrogens is 237 g/mol. The third-order valence-corrected chi connectivity index (χ3v) is 2.81. The van der Waals surface area contributed by atoms with Gasteiger partial charge >= 0.3 is 0 Å². The van der Waals surface area contributed by atoms with Crippen LogP contribution in [0.25, 0.3) is 0 Å². The van der Waals surface area contributed by atoms with Crippen molar-refractivity contribution in [2.24, 2.45) is 10.6 Å². The Morgan fingerprint density at radius 3 is 2.47 bits per heavy atom. The molecule has 0 aliphatic carbocycles. The number of nitrogens with zero attached hydrogens (tertiary/aromatic N) is 3. The van der Waals surface area contributed by atoms with E-state index >= 15 is 0 Å². The van der Waals surface area contributed by atoms with Gasteiger partial charge in [-0.15, -0.1) is 0 Å². The summed E-state index contributed by atoms with van der Waals surface area (Å²) >= 11 is 11.6. The molecule has 0 radical (unpaired) electrons. The minimum absolute atomic E-state index is 0.227. The molecule has 1 aromatic heterocycles. The maximum Gasteiger partial charge on any atom is 0.166 e. The Labute approximate surface area is 98.5 Å². The van der Waals surface area contributed by atoms with E-state index in [1.54, 1.807) is 4.57 Å². The lowest BCUT2D eigenvalue weighted by Crippen LogP contribution is -2.25. The van der Waals surface area contributed by atoms with Gasteiger partial charge in [0.25, 0.3) is 0 Å². The number of hydrogen-bond acceptors (Lipinski definition) is 3. The fourth-order valence-electron chi connectivity index (χ4n) is 1.03. The van der Waals surface area contributed by atoms with Crippen LogP contribution in [0.1, 0.15) is 20.8 Å². The van der Waals surface area contributed by atoms with Crippen molar-refractivity contribution in [1.82, 2.24) is 9.55 Å². The highest BCUT2D eigenvalue weighted by atomic mass is 35.5. The summed E-state index contributed by atoms with van der Waals surface area (Å²) in [4.78, 5) is 3.85. The van der Waals surface area contributed by atoms with Gasteiger partial charge in [0.2, 0.25) is 0 Å². The third-order valence-electron chi connectivity index (χ3n) is 2.04. The van der Waals surface area contributed by atoms with Gasteiger partial charge in [-0.05, 0) is 0 Å². The zero-order chi connectivity index (χ0) is 11.6. The van der Waals surface area contributed by atoms with E-state index in [4.69, 9.17) is 28.4 Å². The van der Waals surface area contributed by atoms with E-state index in [9.17, 15) is 0 Å². The summed E-state index contributed by atoms with van der Waals surface area (Å²) in [6.07, 6.45) is 1.52. The van der Waals surface area contributed by atoms with Crippen molar-refractivity contribution in [3.63, 3.8) is 0 Å². The zero-order valence-electron chi connectivity index (χ0n) is 8.83. The average Bonchev–Trinajstić information content (AvgIpc) is 2.43. The van der Waals surface area contributed by atoms with Gasteiger partial charge in [-0.3, -0.25) is 0 Å². The smallest absolute Gasteiger partial charge is 0.166 e. The van der Waals surface area contributed by atoms with Crippen molar-refractivity contribution in [2.45, 2.75) is 27.3 Å². The fourth-order valence-corrected chi connectivity index (χ4v) is 1.34. The molecule has 6 heteroatoms. The number of oxime groups is 1. The van der Waals surface area contributed by atoms with Gasteiger partial charge in [-0.25, -0.2) is 4.98 Å². The number of hydrogen-bond donors (Lipinski definition) is 1. The topological polar surface area (TPSA) is 50.4 Å². The average molecular weight is 250 g/mol. The Morgan fingerprint density at radius 1 is 1.53 bits per heavy atom. The van der Waals surface area contributed by atoms with Crippen molar-refractivity contribution in [3.05, 3.63) is 16.6 Å². The van der Waals surface area contributed by atoms with Crippen LogP contribution in [0, 0.1) is 5.41 Å². The molecule has 1 rings (SSSR count). The van der Waals surface area contributed by atoms with Crippen molar-refractivity contribution in [1.29, 1.82) is 0 Å². The van der Waals surface area contributed by atoms with Crippen LogP contribution in [0.3, 0.4) is 0 Å². The summed E-state index contributed by atoms with van der Waals surface area (Å²) in [5.41, 5.74) is 0.382. The van der Waals surface area contributed by atoms with Crippen LogP contribution in [-0.2, 0) is 6.54 Å². The second-order valence-corrected chi connectivity index (χ2v) is 4.97. The van der Waals surface area contributed by atoms with Gasteiger partial charge in [-0.2, -0.15) is 0 Å². The van der Waals surface area contributed by atoms with E-state index in [1.807, 2.05) is 20.8 Å². The van der Waals surface area contributed by atoms with Gasteiger partial charge in [0.1, 0.15) is 5.15 Å². The van der Waals surface area contributed by atoms with E-state index in [0.717, 1.165) is 0 Å². The summed E-state index contributed by atoms with van der Waals surface area (Å²) in [5.74, 6) is 0. The lowest BCUT2D eigenvalue weighted by molar-refractivity contribution is 0.308. The van der Waals surface area contributed by atoms with Crippen LogP contribution >= 0.6 is 23.2 Å². The molecule has 1 aromatic rings. The first kappa shape index (κ1) is 12.3. The van der Waals surface area contributed by atoms with Crippen LogP contribution < -0.4 is 0 Å². The molecule has 0 spiro atoms.